The third-order valence-electron chi connectivity index (χ3n) is 12.4. The van der Waals surface area contributed by atoms with Gasteiger partial charge in [-0.1, -0.05) is 106 Å². The van der Waals surface area contributed by atoms with E-state index in [0.29, 0.717) is 26.2 Å². The number of esters is 1. The van der Waals surface area contributed by atoms with Gasteiger partial charge in [-0.05, 0) is 118 Å². The first-order valence-electron chi connectivity index (χ1n) is 25.0. The Morgan fingerprint density at radius 3 is 1.49 bits per heavy atom. The number of allylic oxidation sites excluding steroid dienone is 5. The van der Waals surface area contributed by atoms with Gasteiger partial charge in [-0.3, -0.25) is 19.2 Å². The molecule has 13 heteroatoms. The summed E-state index contributed by atoms with van der Waals surface area (Å²) in [4.78, 5) is 27.0. The van der Waals surface area contributed by atoms with Crippen molar-refractivity contribution < 1.29 is 47.4 Å². The number of rotatable bonds is 26. The Morgan fingerprint density at radius 1 is 0.687 bits per heavy atom. The van der Waals surface area contributed by atoms with Crippen LogP contribution < -0.4 is 0 Å². The lowest BCUT2D eigenvalue weighted by atomic mass is 9.76. The molecule has 0 aromatic heterocycles. The van der Waals surface area contributed by atoms with Gasteiger partial charge in [0.05, 0.1) is 53.1 Å². The predicted octanol–water partition coefficient (Wildman–Crippen LogP) is 11.6. The molecule has 0 saturated heterocycles. The van der Waals surface area contributed by atoms with Gasteiger partial charge in [0.2, 0.25) is 0 Å². The van der Waals surface area contributed by atoms with E-state index >= 15 is 0 Å². The van der Waals surface area contributed by atoms with Crippen LogP contribution in [-0.4, -0.2) is 146 Å². The molecule has 3 unspecified atom stereocenters. The molecule has 0 bridgehead atoms. The van der Waals surface area contributed by atoms with E-state index in [-0.39, 0.29) is 88.4 Å². The van der Waals surface area contributed by atoms with Crippen LogP contribution in [0.15, 0.2) is 36.5 Å². The Labute approximate surface area is 413 Å². The number of likely N-dealkylation sites (N-methyl/N-ethyl adjacent to an activating group) is 3. The number of hydrogen-bond donors (Lipinski definition) is 2. The van der Waals surface area contributed by atoms with Crippen LogP contribution in [0.1, 0.15) is 164 Å². The van der Waals surface area contributed by atoms with Crippen LogP contribution in [0.2, 0.25) is 0 Å². The summed E-state index contributed by atoms with van der Waals surface area (Å²) in [7, 11) is 7.42. The zero-order chi connectivity index (χ0) is 53.4. The summed E-state index contributed by atoms with van der Waals surface area (Å²) in [5, 5.41) is 21.4. The second-order valence-electron chi connectivity index (χ2n) is 23.5. The Balaban J connectivity index is -0.000000934. The molecule has 0 radical (unpaired) electrons. The number of aliphatic hydroxyl groups excluding tert-OH is 2. The van der Waals surface area contributed by atoms with Crippen molar-refractivity contribution in [3.8, 4) is 0 Å². The van der Waals surface area contributed by atoms with Crippen LogP contribution in [0.3, 0.4) is 0 Å². The Bertz CT molecular complexity index is 1460. The molecule has 0 saturated carbocycles. The molecule has 0 aromatic rings. The van der Waals surface area contributed by atoms with Gasteiger partial charge in [-0.25, -0.2) is 0 Å². The summed E-state index contributed by atoms with van der Waals surface area (Å²) in [5.41, 5.74) is -0.0403. The van der Waals surface area contributed by atoms with E-state index in [2.05, 4.69) is 167 Å². The topological polar surface area (TPSA) is 135 Å². The molecule has 9 atom stereocenters. The van der Waals surface area contributed by atoms with E-state index in [0.717, 1.165) is 30.0 Å². The molecule has 0 fully saturated rings. The summed E-state index contributed by atoms with van der Waals surface area (Å²) in [6.07, 6.45) is 14.9. The predicted molar refractivity (Wildman–Crippen MR) is 283 cm³/mol. The second kappa shape index (κ2) is 32.3. The van der Waals surface area contributed by atoms with E-state index in [1.807, 2.05) is 32.1 Å². The number of hydrogen-bond acceptors (Lipinski definition) is 11. The Kier molecular flexibility index (Phi) is 33.5. The van der Waals surface area contributed by atoms with Crippen LogP contribution in [0.5, 0.6) is 0 Å². The van der Waals surface area contributed by atoms with Gasteiger partial charge in [0.25, 0.3) is 0 Å². The normalized spacial score (nSPS) is 17.6. The minimum absolute atomic E-state index is 0.0135. The van der Waals surface area contributed by atoms with Gasteiger partial charge >= 0.3 is 13.6 Å². The highest BCUT2D eigenvalue weighted by atomic mass is 31.2. The standard InChI is InChI=1S/C20H41NO5P.C17H33NO3.C17H35NO/c1-8-19(21(5,6)7)20(22)18(4)15-13-11-12-14-16-24-17-27(23,25-9-2)26-10-3;1-12(10-11-19)14(21-13(2)20)15(16(3,4)5)18(9)17(6,7)8;1-10-11-12-13(2)14(19)15(16(3,4)5)18(9)17(6,7)8/h11-14,18-20,22H,8-10,15-17H2,1-7H3;11-12,14-15H,10H2,1-9H3;10-11,13-15,19H,12H2,1-9H3/q+1;;/b13-11+,14-12+;;11-10+/t18-,19?,20-;12-,14-,15?;13-,14-,15?/m111/s1. The van der Waals surface area contributed by atoms with Crippen LogP contribution in [0.4, 0.5) is 0 Å². The van der Waals surface area contributed by atoms with Crippen LogP contribution in [0, 0.1) is 28.6 Å². The highest BCUT2D eigenvalue weighted by molar-refractivity contribution is 7.53. The Hall–Kier alpha value is -1.73. The van der Waals surface area contributed by atoms with Crippen LogP contribution in [0.25, 0.3) is 0 Å². The lowest BCUT2D eigenvalue weighted by Gasteiger charge is -2.49. The number of quaternary nitrogens is 1. The van der Waals surface area contributed by atoms with Gasteiger partial charge in [-0.2, -0.15) is 0 Å². The molecule has 0 amide bonds. The molecular weight excluding hydrogens is 866 g/mol. The zero-order valence-corrected chi connectivity index (χ0v) is 48.8. The fourth-order valence-corrected chi connectivity index (χ4v) is 9.57. The van der Waals surface area contributed by atoms with Crippen molar-refractivity contribution in [1.29, 1.82) is 0 Å². The number of ether oxygens (including phenoxy) is 2. The van der Waals surface area contributed by atoms with E-state index < -0.39 is 7.60 Å². The van der Waals surface area contributed by atoms with Crippen molar-refractivity contribution in [2.45, 2.75) is 212 Å². The van der Waals surface area contributed by atoms with Gasteiger partial charge in [-0.15, -0.1) is 0 Å². The molecule has 0 spiro atoms. The summed E-state index contributed by atoms with van der Waals surface area (Å²) in [5.74, 6) is 0.149. The molecule has 0 aliphatic heterocycles. The zero-order valence-electron chi connectivity index (χ0n) is 47.9. The summed E-state index contributed by atoms with van der Waals surface area (Å²) >= 11 is 0. The summed E-state index contributed by atoms with van der Waals surface area (Å²) in [6.45, 7) is 42.4. The highest BCUT2D eigenvalue weighted by Gasteiger charge is 2.43. The van der Waals surface area contributed by atoms with Crippen molar-refractivity contribution in [3.05, 3.63) is 36.5 Å². The van der Waals surface area contributed by atoms with Crippen molar-refractivity contribution in [3.63, 3.8) is 0 Å². The first-order chi connectivity index (χ1) is 30.4. The maximum absolute atomic E-state index is 12.2. The fourth-order valence-electron chi connectivity index (χ4n) is 8.23. The van der Waals surface area contributed by atoms with Gasteiger partial charge in [0.15, 0.2) is 0 Å². The maximum Gasteiger partial charge on any atom is 0.356 e. The molecule has 0 heterocycles. The third-order valence-corrected chi connectivity index (χ3v) is 14.2. The number of carbonyl (C=O) groups excluding carboxylic acids is 2. The molecule has 0 rings (SSSR count). The SMILES string of the molecule is C/C=C/C[C@@H](C)[C@@H](O)C(N(C)C(C)(C)C)C(C)(C)C.CC(=O)O[C@@H](C(N(C)C(C)(C)C)C(C)(C)C)[C@H](C)CC=O.CCOP(=O)(COC/C=C/C=C/C[C@@H](C)[C@@H](O)C(CC)[N+](C)(C)C)OCC. The third kappa shape index (κ3) is 28.6. The number of aldehydes is 1. The monoisotopic (exact) mass is 975 g/mol. The number of carbonyl (C=O) groups is 2. The maximum atomic E-state index is 12.2. The van der Waals surface area contributed by atoms with Crippen LogP contribution >= 0.6 is 7.60 Å². The summed E-state index contributed by atoms with van der Waals surface area (Å²) in [6, 6.07) is 0.396. The minimum atomic E-state index is -3.13. The van der Waals surface area contributed by atoms with Gasteiger partial charge in [0, 0.05) is 36.4 Å². The van der Waals surface area contributed by atoms with E-state index in [4.69, 9.17) is 18.5 Å². The molecule has 398 valence electrons. The highest BCUT2D eigenvalue weighted by Crippen LogP contribution is 2.47. The lowest BCUT2D eigenvalue weighted by molar-refractivity contribution is -0.900. The van der Waals surface area contributed by atoms with E-state index in [1.165, 1.54) is 6.92 Å². The second-order valence-corrected chi connectivity index (χ2v) is 25.5. The first kappa shape index (κ1) is 69.5. The molecule has 12 nitrogen and oxygen atoms in total. The lowest BCUT2D eigenvalue weighted by Crippen LogP contribution is -2.58. The van der Waals surface area contributed by atoms with E-state index in [1.54, 1.807) is 13.8 Å². The largest absolute Gasteiger partial charge is 0.461 e. The smallest absolute Gasteiger partial charge is 0.356 e. The molecule has 0 aromatic carbocycles. The Morgan fingerprint density at radius 2 is 1.12 bits per heavy atom. The number of aliphatic hydroxyl groups is 2. The van der Waals surface area contributed by atoms with Gasteiger partial charge in [0.1, 0.15) is 30.9 Å². The molecular formula is C54H109N3O9P+. The quantitative estimate of drug-likeness (QED) is 0.0163. The molecule has 67 heavy (non-hydrogen) atoms. The van der Waals surface area contributed by atoms with Crippen molar-refractivity contribution >= 4 is 19.9 Å². The average Bonchev–Trinajstić information content (AvgIpc) is 3.16. The van der Waals surface area contributed by atoms with E-state index in [9.17, 15) is 24.4 Å². The number of nitrogens with zero attached hydrogens (tertiary/aromatic N) is 3. The molecule has 2 N–H and O–H groups in total. The minimum Gasteiger partial charge on any atom is -0.461 e. The summed E-state index contributed by atoms with van der Waals surface area (Å²) < 4.78 is 34.3. The molecule has 0 aliphatic carbocycles. The van der Waals surface area contributed by atoms with Crippen LogP contribution in [-0.2, 0) is 32.7 Å². The van der Waals surface area contributed by atoms with Crippen molar-refractivity contribution in [1.82, 2.24) is 9.80 Å². The van der Waals surface area contributed by atoms with Gasteiger partial charge < -0.3 is 38.0 Å². The van der Waals surface area contributed by atoms with Crippen molar-refractivity contribution in [2.24, 2.45) is 28.6 Å². The van der Waals surface area contributed by atoms with Crippen molar-refractivity contribution in [2.75, 3.05) is 61.4 Å². The first-order valence-corrected chi connectivity index (χ1v) is 26.7. The fraction of sp³-hybridized carbons (Fsp3) is 0.852. The molecule has 0 aliphatic rings. The average molecular weight is 975 g/mol.